The molecule has 0 bridgehead atoms. The van der Waals surface area contributed by atoms with Gasteiger partial charge in [0.05, 0.1) is 65.6 Å². The summed E-state index contributed by atoms with van der Waals surface area (Å²) in [6.45, 7) is 3.73. The molecule has 0 aromatic carbocycles. The molecule has 1 aliphatic heterocycles. The zero-order valence-corrected chi connectivity index (χ0v) is 29.1. The minimum atomic E-state index is -4.39. The summed E-state index contributed by atoms with van der Waals surface area (Å²) in [5, 5.41) is 5.65. The Balaban J connectivity index is 1.75. The standard InChI is InChI=1S/C25H49BN2O13P2S2/c26-23-6-5-22(41-23)21-39-42(31)38-18-17-37-16-15-36-14-13-35-12-10-28-25(30)8-20-45-44-19-7-24(29)27-9-3-1-2-4-11-40-43(32,33)34/h22-23,31H,1-21H2,(H,27,29)(H,28,30)(H2,32,33,34). The first kappa shape index (κ1) is 43.0. The molecule has 1 heterocycles. The molecular weight excluding hydrogens is 673 g/mol. The molecule has 3 atom stereocenters. The van der Waals surface area contributed by atoms with Crippen molar-refractivity contribution in [3.63, 3.8) is 0 Å². The lowest BCUT2D eigenvalue weighted by Gasteiger charge is -2.15. The fourth-order valence-corrected chi connectivity index (χ4v) is 6.52. The summed E-state index contributed by atoms with van der Waals surface area (Å²) in [6.07, 6.45) is 5.24. The maximum Gasteiger partial charge on any atom is 0.469 e. The van der Waals surface area contributed by atoms with Crippen LogP contribution in [0.25, 0.3) is 0 Å². The fourth-order valence-electron chi connectivity index (χ4n) is 3.57. The molecule has 1 fully saturated rings. The van der Waals surface area contributed by atoms with Crippen molar-refractivity contribution in [1.82, 2.24) is 10.6 Å². The van der Waals surface area contributed by atoms with Crippen LogP contribution in [0.1, 0.15) is 51.4 Å². The normalized spacial score (nSPS) is 17.4. The molecule has 5 N–H and O–H groups in total. The zero-order chi connectivity index (χ0) is 33.0. The minimum Gasteiger partial charge on any atom is -0.382 e. The number of phosphoric ester groups is 1. The van der Waals surface area contributed by atoms with E-state index < -0.39 is 16.4 Å². The Morgan fingerprint density at radius 1 is 0.800 bits per heavy atom. The third-order valence-electron chi connectivity index (χ3n) is 5.81. The molecule has 0 aromatic rings. The van der Waals surface area contributed by atoms with E-state index in [0.717, 1.165) is 32.1 Å². The van der Waals surface area contributed by atoms with E-state index in [-0.39, 0.29) is 43.7 Å². The van der Waals surface area contributed by atoms with E-state index in [4.69, 9.17) is 45.6 Å². The average molecular weight is 723 g/mol. The van der Waals surface area contributed by atoms with E-state index >= 15 is 0 Å². The second kappa shape index (κ2) is 28.9. The lowest BCUT2D eigenvalue weighted by molar-refractivity contribution is -0.121. The molecule has 0 spiro atoms. The molecule has 45 heavy (non-hydrogen) atoms. The first-order valence-electron chi connectivity index (χ1n) is 15.0. The summed E-state index contributed by atoms with van der Waals surface area (Å²) >= 11 is 0. The van der Waals surface area contributed by atoms with Crippen LogP contribution in [0.2, 0.25) is 0 Å². The molecular formula is C25H49BN2O13P2S2. The largest absolute Gasteiger partial charge is 0.469 e. The zero-order valence-electron chi connectivity index (χ0n) is 25.7. The van der Waals surface area contributed by atoms with E-state index in [1.807, 2.05) is 0 Å². The number of unbranched alkanes of at least 4 members (excludes halogenated alkanes) is 3. The number of hydrogen-bond donors (Lipinski definition) is 5. The van der Waals surface area contributed by atoms with Crippen molar-refractivity contribution in [1.29, 1.82) is 0 Å². The molecule has 3 unspecified atom stereocenters. The van der Waals surface area contributed by atoms with Crippen LogP contribution in [0.15, 0.2) is 0 Å². The quantitative estimate of drug-likeness (QED) is 0.0301. The van der Waals surface area contributed by atoms with Crippen LogP contribution < -0.4 is 10.6 Å². The van der Waals surface area contributed by atoms with Gasteiger partial charge < -0.3 is 53.3 Å². The van der Waals surface area contributed by atoms with Gasteiger partial charge in [-0.3, -0.25) is 14.1 Å². The van der Waals surface area contributed by atoms with Crippen molar-refractivity contribution in [2.45, 2.75) is 63.5 Å². The van der Waals surface area contributed by atoms with Crippen LogP contribution in [-0.2, 0) is 46.7 Å². The Kier molecular flexibility index (Phi) is 27.6. The van der Waals surface area contributed by atoms with Crippen molar-refractivity contribution >= 4 is 57.7 Å². The number of rotatable bonds is 31. The van der Waals surface area contributed by atoms with Crippen molar-refractivity contribution in [3.05, 3.63) is 0 Å². The Hall–Kier alpha value is -0.0351. The van der Waals surface area contributed by atoms with Gasteiger partial charge in [0.1, 0.15) is 7.85 Å². The fraction of sp³-hybridized carbons (Fsp3) is 0.920. The highest BCUT2D eigenvalue weighted by atomic mass is 33.1. The lowest BCUT2D eigenvalue weighted by Crippen LogP contribution is -2.27. The third-order valence-corrected chi connectivity index (χ3v) is 9.51. The average Bonchev–Trinajstić information content (AvgIpc) is 3.41. The summed E-state index contributed by atoms with van der Waals surface area (Å²) in [6, 6.07) is -0.260. The van der Waals surface area contributed by atoms with Gasteiger partial charge in [-0.25, -0.2) is 4.57 Å². The molecule has 2 radical (unpaired) electrons. The summed E-state index contributed by atoms with van der Waals surface area (Å²) < 4.78 is 46.9. The highest BCUT2D eigenvalue weighted by molar-refractivity contribution is 8.76. The number of phosphoric acid groups is 1. The van der Waals surface area contributed by atoms with Crippen LogP contribution in [0.4, 0.5) is 0 Å². The van der Waals surface area contributed by atoms with E-state index in [0.29, 0.717) is 83.5 Å². The second-order valence-electron chi connectivity index (χ2n) is 9.66. The monoisotopic (exact) mass is 722 g/mol. The van der Waals surface area contributed by atoms with Gasteiger partial charge in [-0.15, -0.1) is 0 Å². The Bertz CT molecular complexity index is 810. The molecule has 1 aliphatic rings. The highest BCUT2D eigenvalue weighted by Gasteiger charge is 2.23. The van der Waals surface area contributed by atoms with Crippen molar-refractivity contribution in [2.24, 2.45) is 0 Å². The number of ether oxygens (including phenoxy) is 4. The Morgan fingerprint density at radius 3 is 1.98 bits per heavy atom. The predicted molar refractivity (Wildman–Crippen MR) is 174 cm³/mol. The van der Waals surface area contributed by atoms with E-state index in [2.05, 4.69) is 15.2 Å². The first-order valence-corrected chi connectivity index (χ1v) is 20.2. The number of carbonyl (C=O) groups is 2. The van der Waals surface area contributed by atoms with Crippen LogP contribution in [-0.4, -0.2) is 131 Å². The van der Waals surface area contributed by atoms with Crippen molar-refractivity contribution in [3.8, 4) is 0 Å². The van der Waals surface area contributed by atoms with Gasteiger partial charge in [0.2, 0.25) is 11.8 Å². The summed E-state index contributed by atoms with van der Waals surface area (Å²) in [7, 11) is 2.40. The Labute approximate surface area is 276 Å². The molecule has 1 saturated heterocycles. The number of amides is 2. The highest BCUT2D eigenvalue weighted by Crippen LogP contribution is 2.36. The van der Waals surface area contributed by atoms with Gasteiger partial charge >= 0.3 is 16.4 Å². The van der Waals surface area contributed by atoms with Gasteiger partial charge in [-0.1, -0.05) is 34.4 Å². The summed E-state index contributed by atoms with van der Waals surface area (Å²) in [5.74, 6) is 1.23. The van der Waals surface area contributed by atoms with E-state index in [9.17, 15) is 19.0 Å². The van der Waals surface area contributed by atoms with Crippen molar-refractivity contribution in [2.75, 3.05) is 84.1 Å². The molecule has 15 nitrogen and oxygen atoms in total. The summed E-state index contributed by atoms with van der Waals surface area (Å²) in [5.41, 5.74) is 0. The van der Waals surface area contributed by atoms with Gasteiger partial charge in [-0.2, -0.15) is 0 Å². The SMILES string of the molecule is [B]C1CCC(COP(O)OCCOCCOCCOCCNC(=O)CCSSCCC(=O)NCCCCCCOP(=O)(O)O)O1. The number of carbonyl (C=O) groups excluding carboxylic acids is 2. The molecule has 262 valence electrons. The molecule has 0 saturated carbocycles. The van der Waals surface area contributed by atoms with Crippen LogP contribution >= 0.6 is 38.0 Å². The second-order valence-corrected chi connectivity index (χ2v) is 14.6. The molecule has 20 heteroatoms. The van der Waals surface area contributed by atoms with Crippen LogP contribution in [0.5, 0.6) is 0 Å². The van der Waals surface area contributed by atoms with Crippen LogP contribution in [0.3, 0.4) is 0 Å². The molecule has 2 amide bonds. The van der Waals surface area contributed by atoms with Gasteiger partial charge in [-0.05, 0) is 25.7 Å². The smallest absolute Gasteiger partial charge is 0.382 e. The summed E-state index contributed by atoms with van der Waals surface area (Å²) in [4.78, 5) is 50.6. The maximum atomic E-state index is 11.9. The lowest BCUT2D eigenvalue weighted by atomic mass is 9.97. The van der Waals surface area contributed by atoms with Gasteiger partial charge in [0, 0.05) is 43.4 Å². The Morgan fingerprint density at radius 2 is 1.38 bits per heavy atom. The first-order chi connectivity index (χ1) is 21.7. The molecule has 0 aliphatic carbocycles. The molecule has 0 aromatic heterocycles. The van der Waals surface area contributed by atoms with Gasteiger partial charge in [0.15, 0.2) is 0 Å². The number of hydrogen-bond acceptors (Lipinski definition) is 13. The van der Waals surface area contributed by atoms with Crippen molar-refractivity contribution < 1.29 is 61.4 Å². The van der Waals surface area contributed by atoms with E-state index in [1.54, 1.807) is 21.6 Å². The third kappa shape index (κ3) is 29.8. The number of nitrogens with one attached hydrogen (secondary N) is 2. The maximum absolute atomic E-state index is 11.9. The molecule has 1 rings (SSSR count). The van der Waals surface area contributed by atoms with Crippen LogP contribution in [0, 0.1) is 0 Å². The van der Waals surface area contributed by atoms with Gasteiger partial charge in [0.25, 0.3) is 0 Å². The topological polar surface area (TPSA) is 201 Å². The minimum absolute atomic E-state index is 0.0216. The van der Waals surface area contributed by atoms with E-state index in [1.165, 1.54) is 0 Å². The predicted octanol–water partition coefficient (Wildman–Crippen LogP) is 2.03.